The molecule has 1 aromatic heterocycles. The summed E-state index contributed by atoms with van der Waals surface area (Å²) in [6.07, 6.45) is -1.79. The molecule has 9 nitrogen and oxygen atoms in total. The van der Waals surface area contributed by atoms with E-state index < -0.39 is 6.36 Å². The number of aromatic nitrogens is 2. The molecule has 0 amide bonds. The molecule has 1 aliphatic rings. The highest BCUT2D eigenvalue weighted by Gasteiger charge is 2.31. The minimum absolute atomic E-state index is 0.288. The first-order valence-corrected chi connectivity index (χ1v) is 15.7. The Bertz CT molecular complexity index is 1890. The number of alkyl halides is 3. The largest absolute Gasteiger partial charge is 0.573 e. The Hall–Kier alpha value is -4.79. The van der Waals surface area contributed by atoms with Crippen LogP contribution in [-0.4, -0.2) is 32.8 Å². The fourth-order valence-electron chi connectivity index (χ4n) is 4.67. The molecule has 1 unspecified atom stereocenters. The smallest absolute Gasteiger partial charge is 0.406 e. The van der Waals surface area contributed by atoms with Crippen molar-refractivity contribution in [3.05, 3.63) is 113 Å². The Balaban J connectivity index is 1.10. The van der Waals surface area contributed by atoms with Gasteiger partial charge in [-0.1, -0.05) is 66.4 Å². The van der Waals surface area contributed by atoms with E-state index in [2.05, 4.69) is 34.4 Å². The van der Waals surface area contributed by atoms with Gasteiger partial charge in [0.15, 0.2) is 5.17 Å². The van der Waals surface area contributed by atoms with Crippen molar-refractivity contribution in [1.82, 2.24) is 19.6 Å². The molecule has 14 heteroatoms. The Morgan fingerprint density at radius 3 is 2.48 bits per heavy atom. The summed E-state index contributed by atoms with van der Waals surface area (Å²) in [5, 5.41) is 6.77. The van der Waals surface area contributed by atoms with E-state index in [0.717, 1.165) is 44.5 Å². The number of hydrazone groups is 1. The van der Waals surface area contributed by atoms with Crippen LogP contribution in [0, 0.1) is 13.8 Å². The summed E-state index contributed by atoms with van der Waals surface area (Å²) in [6, 6.07) is 25.3. The van der Waals surface area contributed by atoms with E-state index in [-0.39, 0.29) is 11.9 Å². The third-order valence-electron chi connectivity index (χ3n) is 6.95. The van der Waals surface area contributed by atoms with E-state index in [0.29, 0.717) is 16.6 Å². The van der Waals surface area contributed by atoms with Crippen molar-refractivity contribution in [1.29, 1.82) is 0 Å². The topological polar surface area (TPSA) is 99.4 Å². The molecular formula is C32H27F3N8OS2. The van der Waals surface area contributed by atoms with E-state index in [1.165, 1.54) is 47.8 Å². The minimum atomic E-state index is -4.74. The quantitative estimate of drug-likeness (QED) is 0.0996. The predicted molar refractivity (Wildman–Crippen MR) is 179 cm³/mol. The highest BCUT2D eigenvalue weighted by molar-refractivity contribution is 8.13. The first-order chi connectivity index (χ1) is 22.2. The lowest BCUT2D eigenvalue weighted by Crippen LogP contribution is -2.33. The molecule has 5 aromatic rings. The van der Waals surface area contributed by atoms with Gasteiger partial charge in [-0.15, -0.1) is 13.2 Å². The second kappa shape index (κ2) is 13.7. The zero-order valence-electron chi connectivity index (χ0n) is 24.6. The summed E-state index contributed by atoms with van der Waals surface area (Å²) in [4.78, 5) is 9.41. The van der Waals surface area contributed by atoms with Crippen LogP contribution in [0.15, 0.2) is 100 Å². The number of nitrogens with one attached hydrogen (secondary N) is 2. The van der Waals surface area contributed by atoms with Crippen molar-refractivity contribution in [2.45, 2.75) is 32.1 Å². The Kier molecular flexibility index (Phi) is 9.28. The molecule has 0 saturated heterocycles. The van der Waals surface area contributed by atoms with E-state index >= 15 is 0 Å². The Morgan fingerprint density at radius 1 is 1.00 bits per heavy atom. The number of thioether (sulfide) groups is 1. The number of benzene rings is 4. The van der Waals surface area contributed by atoms with E-state index in [1.807, 2.05) is 74.5 Å². The van der Waals surface area contributed by atoms with Gasteiger partial charge in [-0.05, 0) is 72.0 Å². The van der Waals surface area contributed by atoms with Gasteiger partial charge in [0.25, 0.3) is 0 Å². The summed E-state index contributed by atoms with van der Waals surface area (Å²) in [5.74, 6) is 0.352. The number of amidine groups is 1. The van der Waals surface area contributed by atoms with Gasteiger partial charge < -0.3 is 4.74 Å². The molecular weight excluding hydrogens is 634 g/mol. The molecule has 2 heterocycles. The van der Waals surface area contributed by atoms with Crippen LogP contribution in [-0.2, 0) is 5.75 Å². The van der Waals surface area contributed by atoms with Gasteiger partial charge in [0.2, 0.25) is 0 Å². The third kappa shape index (κ3) is 7.70. The van der Waals surface area contributed by atoms with Gasteiger partial charge in [-0.2, -0.15) is 19.3 Å². The summed E-state index contributed by atoms with van der Waals surface area (Å²) in [6.45, 7) is 4.07. The summed E-state index contributed by atoms with van der Waals surface area (Å²) in [7, 11) is 0. The molecule has 0 spiro atoms. The molecule has 4 aromatic carbocycles. The number of fused-ring (bicyclic) bond motifs is 1. The molecule has 2 N–H and O–H groups in total. The number of halogens is 3. The molecule has 0 saturated carbocycles. The maximum atomic E-state index is 12.5. The molecule has 234 valence electrons. The molecule has 0 aliphatic carbocycles. The summed E-state index contributed by atoms with van der Waals surface area (Å²) >= 11 is 2.74. The molecule has 0 fully saturated rings. The number of rotatable bonds is 8. The average molecular weight is 661 g/mol. The number of hydrazine groups is 1. The molecule has 0 bridgehead atoms. The van der Waals surface area contributed by atoms with Crippen molar-refractivity contribution >= 4 is 63.6 Å². The number of hydrogen-bond acceptors (Lipinski definition) is 10. The van der Waals surface area contributed by atoms with Crippen LogP contribution in [0.4, 0.5) is 24.5 Å². The minimum Gasteiger partial charge on any atom is -0.406 e. The van der Waals surface area contributed by atoms with Gasteiger partial charge in [0.05, 0.1) is 29.3 Å². The maximum Gasteiger partial charge on any atom is 0.573 e. The number of nitrogens with zero attached hydrogens (tertiary/aromatic N) is 6. The molecule has 1 atom stereocenters. The summed E-state index contributed by atoms with van der Waals surface area (Å²) < 4.78 is 50.1. The standard InChI is InChI=1S/C32H27F3N8OS2/c1-20-5-3-6-21(2)28(20)38-31(45-18-24-7-4-8-27-29(24)42-46-41-27)39-37-17-22-9-11-23(12-10-22)30-36-19-43(40-30)25-13-15-26(16-14-25)44-32(33,34)35/h3-17,19,30,40H,18H2,1-2H3,(H,38,39)/b37-17+. The fraction of sp³-hybridized carbons (Fsp3) is 0.156. The number of hydrogen-bond donors (Lipinski definition) is 2. The first-order valence-electron chi connectivity index (χ1n) is 14.0. The van der Waals surface area contributed by atoms with Crippen molar-refractivity contribution in [3.8, 4) is 5.75 Å². The SMILES string of the molecule is Cc1cccc(C)c1N=C(N/N=C/c1ccc(C2N=CN(c3ccc(OC(F)(F)F)cc3)N2)cc1)SCc1cccc2nsnc12. The zero-order valence-corrected chi connectivity index (χ0v) is 26.2. The van der Waals surface area contributed by atoms with Crippen LogP contribution < -0.4 is 20.6 Å². The average Bonchev–Trinajstić information content (AvgIpc) is 3.72. The second-order valence-electron chi connectivity index (χ2n) is 10.2. The Morgan fingerprint density at radius 2 is 1.74 bits per heavy atom. The van der Waals surface area contributed by atoms with E-state index in [9.17, 15) is 13.2 Å². The van der Waals surface area contributed by atoms with Crippen molar-refractivity contribution in [2.24, 2.45) is 15.1 Å². The Labute approximate surface area is 271 Å². The fourth-order valence-corrected chi connectivity index (χ4v) is 6.03. The van der Waals surface area contributed by atoms with Gasteiger partial charge in [-0.25, -0.2) is 9.98 Å². The van der Waals surface area contributed by atoms with Gasteiger partial charge in [-0.3, -0.25) is 10.4 Å². The molecule has 1 aliphatic heterocycles. The highest BCUT2D eigenvalue weighted by Crippen LogP contribution is 2.28. The van der Waals surface area contributed by atoms with Crippen molar-refractivity contribution < 1.29 is 17.9 Å². The van der Waals surface area contributed by atoms with Crippen molar-refractivity contribution in [3.63, 3.8) is 0 Å². The number of aryl methyl sites for hydroxylation is 2. The van der Waals surface area contributed by atoms with Gasteiger partial charge in [0.1, 0.15) is 29.3 Å². The monoisotopic (exact) mass is 660 g/mol. The second-order valence-corrected chi connectivity index (χ2v) is 11.7. The number of para-hydroxylation sites is 1. The lowest BCUT2D eigenvalue weighted by molar-refractivity contribution is -0.274. The van der Waals surface area contributed by atoms with E-state index in [1.54, 1.807) is 17.6 Å². The van der Waals surface area contributed by atoms with Crippen molar-refractivity contribution in [2.75, 3.05) is 5.01 Å². The molecule has 46 heavy (non-hydrogen) atoms. The maximum absolute atomic E-state index is 12.5. The zero-order chi connectivity index (χ0) is 32.1. The lowest BCUT2D eigenvalue weighted by Gasteiger charge is -2.18. The number of anilines is 1. The van der Waals surface area contributed by atoms with Crippen LogP contribution in [0.2, 0.25) is 0 Å². The third-order valence-corrected chi connectivity index (χ3v) is 8.41. The van der Waals surface area contributed by atoms with Crippen LogP contribution in [0.1, 0.15) is 34.0 Å². The normalized spacial score (nSPS) is 15.3. The first kappa shape index (κ1) is 31.2. The predicted octanol–water partition coefficient (Wildman–Crippen LogP) is 7.80. The highest BCUT2D eigenvalue weighted by atomic mass is 32.2. The lowest BCUT2D eigenvalue weighted by atomic mass is 10.1. The number of aliphatic imine (C=N–C) groups is 2. The molecule has 0 radical (unpaired) electrons. The summed E-state index contributed by atoms with van der Waals surface area (Å²) in [5.41, 5.74) is 14.6. The number of ether oxygens (including phenoxy) is 1. The van der Waals surface area contributed by atoms with E-state index in [4.69, 9.17) is 4.99 Å². The van der Waals surface area contributed by atoms with Crippen LogP contribution >= 0.6 is 23.5 Å². The van der Waals surface area contributed by atoms with Gasteiger partial charge >= 0.3 is 6.36 Å². The van der Waals surface area contributed by atoms with Crippen LogP contribution in [0.25, 0.3) is 11.0 Å². The van der Waals surface area contributed by atoms with Crippen LogP contribution in [0.3, 0.4) is 0 Å². The van der Waals surface area contributed by atoms with Gasteiger partial charge in [0, 0.05) is 5.75 Å². The van der Waals surface area contributed by atoms with Crippen LogP contribution in [0.5, 0.6) is 5.75 Å². The molecule has 6 rings (SSSR count).